The number of nitrogens with one attached hydrogen (secondary N) is 1. The van der Waals surface area contributed by atoms with Crippen LogP contribution in [0.25, 0.3) is 0 Å². The molecule has 1 aromatic heterocycles. The Morgan fingerprint density at radius 3 is 2.56 bits per heavy atom. The van der Waals surface area contributed by atoms with Crippen LogP contribution < -0.4 is 10.2 Å². The van der Waals surface area contributed by atoms with Crippen molar-refractivity contribution in [3.05, 3.63) is 76.5 Å². The van der Waals surface area contributed by atoms with Crippen molar-refractivity contribution in [2.45, 2.75) is 11.3 Å². The van der Waals surface area contributed by atoms with E-state index >= 15 is 0 Å². The fourth-order valence-corrected chi connectivity index (χ4v) is 4.60. The van der Waals surface area contributed by atoms with E-state index in [1.165, 1.54) is 11.3 Å². The maximum Gasteiger partial charge on any atom is 0.265 e. The van der Waals surface area contributed by atoms with E-state index in [1.807, 2.05) is 34.5 Å². The van der Waals surface area contributed by atoms with Crippen LogP contribution in [-0.2, 0) is 0 Å². The van der Waals surface area contributed by atoms with Crippen LogP contribution >= 0.6 is 23.1 Å². The highest BCUT2D eigenvalue weighted by molar-refractivity contribution is 7.99. The van der Waals surface area contributed by atoms with Crippen molar-refractivity contribution in [3.8, 4) is 0 Å². The molecule has 3 aromatic rings. The van der Waals surface area contributed by atoms with Gasteiger partial charge in [-0.15, -0.1) is 23.1 Å². The van der Waals surface area contributed by atoms with Crippen LogP contribution in [0.1, 0.15) is 26.5 Å². The Bertz CT molecular complexity index is 953. The summed E-state index contributed by atoms with van der Waals surface area (Å²) in [6, 6.07) is 18.8. The van der Waals surface area contributed by atoms with Crippen molar-refractivity contribution >= 4 is 46.3 Å². The second-order valence-electron chi connectivity index (χ2n) is 6.14. The lowest BCUT2D eigenvalue weighted by Crippen LogP contribution is -2.31. The standard InChI is InChI=1S/C21H18N2O2S2/c24-20(19-7-3-13-27-19)22-16-10-8-15(9-11-16)21(25)23-12-4-14-26-18-6-2-1-5-17(18)23/h1-3,5-11,13H,4,12,14H2,(H,22,24). The molecule has 0 bridgehead atoms. The third kappa shape index (κ3) is 3.91. The third-order valence-electron chi connectivity index (χ3n) is 4.32. The molecule has 0 saturated heterocycles. The number of amides is 2. The minimum Gasteiger partial charge on any atom is -0.321 e. The van der Waals surface area contributed by atoms with E-state index in [9.17, 15) is 9.59 Å². The molecule has 6 heteroatoms. The van der Waals surface area contributed by atoms with Crippen LogP contribution in [0.2, 0.25) is 0 Å². The molecule has 0 unspecified atom stereocenters. The smallest absolute Gasteiger partial charge is 0.265 e. The third-order valence-corrected chi connectivity index (χ3v) is 6.34. The van der Waals surface area contributed by atoms with E-state index in [2.05, 4.69) is 11.4 Å². The molecule has 1 N–H and O–H groups in total. The summed E-state index contributed by atoms with van der Waals surface area (Å²) in [5, 5.41) is 4.73. The van der Waals surface area contributed by atoms with Gasteiger partial charge < -0.3 is 10.2 Å². The van der Waals surface area contributed by atoms with Gasteiger partial charge >= 0.3 is 0 Å². The Balaban J connectivity index is 1.52. The van der Waals surface area contributed by atoms with Crippen molar-refractivity contribution in [2.24, 2.45) is 0 Å². The number of carbonyl (C=O) groups is 2. The SMILES string of the molecule is O=C(Nc1ccc(C(=O)N2CCCSc3ccccc32)cc1)c1cccs1. The van der Waals surface area contributed by atoms with Crippen LogP contribution in [0, 0.1) is 0 Å². The summed E-state index contributed by atoms with van der Waals surface area (Å²) in [6.07, 6.45) is 0.958. The first-order valence-corrected chi connectivity index (χ1v) is 10.6. The number of hydrogen-bond donors (Lipinski definition) is 1. The maximum absolute atomic E-state index is 13.1. The summed E-state index contributed by atoms with van der Waals surface area (Å²) in [6.45, 7) is 0.708. The van der Waals surface area contributed by atoms with Crippen molar-refractivity contribution in [1.29, 1.82) is 0 Å². The number of fused-ring (bicyclic) bond motifs is 1. The highest BCUT2D eigenvalue weighted by Crippen LogP contribution is 2.34. The Hall–Kier alpha value is -2.57. The van der Waals surface area contributed by atoms with Crippen molar-refractivity contribution < 1.29 is 9.59 Å². The molecule has 2 heterocycles. The molecule has 4 nitrogen and oxygen atoms in total. The van der Waals surface area contributed by atoms with Gasteiger partial charge in [-0.3, -0.25) is 9.59 Å². The molecule has 2 amide bonds. The zero-order chi connectivity index (χ0) is 18.6. The maximum atomic E-state index is 13.1. The van der Waals surface area contributed by atoms with Gasteiger partial charge in [-0.1, -0.05) is 18.2 Å². The Morgan fingerprint density at radius 2 is 1.78 bits per heavy atom. The first kappa shape index (κ1) is 17.8. The monoisotopic (exact) mass is 394 g/mol. The number of anilines is 2. The number of rotatable bonds is 3. The zero-order valence-electron chi connectivity index (χ0n) is 14.6. The van der Waals surface area contributed by atoms with Crippen LogP contribution in [0.5, 0.6) is 0 Å². The summed E-state index contributed by atoms with van der Waals surface area (Å²) in [4.78, 5) is 28.9. The normalized spacial score (nSPS) is 13.6. The molecule has 1 aliphatic rings. The van der Waals surface area contributed by atoms with E-state index in [0.29, 0.717) is 22.7 Å². The molecule has 0 radical (unpaired) electrons. The lowest BCUT2D eigenvalue weighted by atomic mass is 10.1. The highest BCUT2D eigenvalue weighted by atomic mass is 32.2. The second-order valence-corrected chi connectivity index (χ2v) is 8.22. The minimum absolute atomic E-state index is 0.0129. The minimum atomic E-state index is -0.137. The molecule has 0 spiro atoms. The lowest BCUT2D eigenvalue weighted by Gasteiger charge is -2.22. The average Bonchev–Trinajstić information content (AvgIpc) is 3.15. The molecule has 1 aliphatic heterocycles. The lowest BCUT2D eigenvalue weighted by molar-refractivity contribution is 0.0985. The van der Waals surface area contributed by atoms with Gasteiger partial charge in [0.05, 0.1) is 10.6 Å². The van der Waals surface area contributed by atoms with Gasteiger partial charge in [0, 0.05) is 22.7 Å². The molecule has 0 saturated carbocycles. The fraction of sp³-hybridized carbons (Fsp3) is 0.143. The second kappa shape index (κ2) is 7.98. The number of thiophene rings is 1. The Kier molecular flexibility index (Phi) is 5.27. The molecular weight excluding hydrogens is 376 g/mol. The number of carbonyl (C=O) groups excluding carboxylic acids is 2. The van der Waals surface area contributed by atoms with E-state index in [-0.39, 0.29) is 11.8 Å². The largest absolute Gasteiger partial charge is 0.321 e. The predicted molar refractivity (Wildman–Crippen MR) is 112 cm³/mol. The number of benzene rings is 2. The Morgan fingerprint density at radius 1 is 0.963 bits per heavy atom. The molecule has 0 fully saturated rings. The summed E-state index contributed by atoms with van der Waals surface area (Å²) >= 11 is 3.19. The topological polar surface area (TPSA) is 49.4 Å². The summed E-state index contributed by atoms with van der Waals surface area (Å²) in [5.74, 6) is 0.859. The van der Waals surface area contributed by atoms with E-state index in [1.54, 1.807) is 42.1 Å². The van der Waals surface area contributed by atoms with E-state index in [0.717, 1.165) is 22.8 Å². The van der Waals surface area contributed by atoms with Gasteiger partial charge in [0.1, 0.15) is 0 Å². The van der Waals surface area contributed by atoms with Crippen LogP contribution in [-0.4, -0.2) is 24.1 Å². The number of para-hydroxylation sites is 1. The summed E-state index contributed by atoms with van der Waals surface area (Å²) < 4.78 is 0. The molecule has 0 atom stereocenters. The molecule has 2 aromatic carbocycles. The first-order chi connectivity index (χ1) is 13.2. The van der Waals surface area contributed by atoms with E-state index in [4.69, 9.17) is 0 Å². The first-order valence-electron chi connectivity index (χ1n) is 8.71. The number of nitrogens with zero attached hydrogens (tertiary/aromatic N) is 1. The van der Waals surface area contributed by atoms with Crippen molar-refractivity contribution in [1.82, 2.24) is 0 Å². The molecule has 0 aliphatic carbocycles. The highest BCUT2D eigenvalue weighted by Gasteiger charge is 2.22. The zero-order valence-corrected chi connectivity index (χ0v) is 16.2. The fourth-order valence-electron chi connectivity index (χ4n) is 2.99. The molecule has 136 valence electrons. The predicted octanol–water partition coefficient (Wildman–Crippen LogP) is 5.14. The number of thioether (sulfide) groups is 1. The quantitative estimate of drug-likeness (QED) is 0.669. The van der Waals surface area contributed by atoms with Gasteiger partial charge in [0.15, 0.2) is 0 Å². The van der Waals surface area contributed by atoms with Gasteiger partial charge in [-0.05, 0) is 60.0 Å². The van der Waals surface area contributed by atoms with Crippen LogP contribution in [0.3, 0.4) is 0 Å². The molecule has 4 rings (SSSR count). The van der Waals surface area contributed by atoms with Crippen molar-refractivity contribution in [3.63, 3.8) is 0 Å². The molecule has 27 heavy (non-hydrogen) atoms. The van der Waals surface area contributed by atoms with Gasteiger partial charge in [0.25, 0.3) is 11.8 Å². The van der Waals surface area contributed by atoms with Crippen molar-refractivity contribution in [2.75, 3.05) is 22.5 Å². The van der Waals surface area contributed by atoms with Crippen LogP contribution in [0.4, 0.5) is 11.4 Å². The van der Waals surface area contributed by atoms with Crippen LogP contribution in [0.15, 0.2) is 70.9 Å². The average molecular weight is 395 g/mol. The van der Waals surface area contributed by atoms with Gasteiger partial charge in [-0.25, -0.2) is 0 Å². The van der Waals surface area contributed by atoms with Gasteiger partial charge in [-0.2, -0.15) is 0 Å². The van der Waals surface area contributed by atoms with E-state index < -0.39 is 0 Å². The number of hydrogen-bond acceptors (Lipinski definition) is 4. The Labute approximate surface area is 166 Å². The molecular formula is C21H18N2O2S2. The summed E-state index contributed by atoms with van der Waals surface area (Å²) in [5.41, 5.74) is 2.27. The van der Waals surface area contributed by atoms with Gasteiger partial charge in [0.2, 0.25) is 0 Å². The summed E-state index contributed by atoms with van der Waals surface area (Å²) in [7, 11) is 0.